The normalized spacial score (nSPS) is 17.6. The van der Waals surface area contributed by atoms with Crippen molar-refractivity contribution in [3.05, 3.63) is 42.7 Å². The molecule has 1 N–H and O–H groups in total. The van der Waals surface area contributed by atoms with Crippen LogP contribution in [0.4, 0.5) is 5.82 Å². The molecular formula is C19H22N4O2. The molecule has 3 heterocycles. The van der Waals surface area contributed by atoms with Crippen LogP contribution in [-0.2, 0) is 0 Å². The number of β-amino-alcohol motifs (C(OH)–C–C–N with tert-alkyl or cyclic N) is 1. The van der Waals surface area contributed by atoms with Gasteiger partial charge < -0.3 is 14.7 Å². The highest BCUT2D eigenvalue weighted by Gasteiger charge is 2.21. The van der Waals surface area contributed by atoms with E-state index in [1.54, 1.807) is 6.20 Å². The summed E-state index contributed by atoms with van der Waals surface area (Å²) in [7, 11) is 0. The fourth-order valence-electron chi connectivity index (χ4n) is 3.21. The molecule has 0 radical (unpaired) electrons. The van der Waals surface area contributed by atoms with E-state index in [1.807, 2.05) is 55.1 Å². The van der Waals surface area contributed by atoms with E-state index in [2.05, 4.69) is 15.0 Å². The average Bonchev–Trinajstić information content (AvgIpc) is 3.20. The Labute approximate surface area is 146 Å². The molecule has 1 unspecified atom stereocenters. The number of hydrogen-bond acceptors (Lipinski definition) is 5. The molecule has 0 saturated carbocycles. The molecule has 3 aromatic rings. The monoisotopic (exact) mass is 338 g/mol. The van der Waals surface area contributed by atoms with Crippen LogP contribution in [0, 0.1) is 0 Å². The van der Waals surface area contributed by atoms with E-state index < -0.39 is 0 Å². The average molecular weight is 338 g/mol. The van der Waals surface area contributed by atoms with Gasteiger partial charge in [-0.05, 0) is 38.5 Å². The Morgan fingerprint density at radius 1 is 1.24 bits per heavy atom. The number of anilines is 1. The minimum absolute atomic E-state index is 0.128. The number of aromatic nitrogens is 3. The van der Waals surface area contributed by atoms with Gasteiger partial charge in [0.15, 0.2) is 0 Å². The third-order valence-electron chi connectivity index (χ3n) is 4.38. The first-order valence-corrected chi connectivity index (χ1v) is 8.64. The van der Waals surface area contributed by atoms with Gasteiger partial charge in [0.1, 0.15) is 11.6 Å². The quantitative estimate of drug-likeness (QED) is 0.792. The minimum Gasteiger partial charge on any atom is -0.491 e. The summed E-state index contributed by atoms with van der Waals surface area (Å²) in [5, 5.41) is 15.4. The van der Waals surface area contributed by atoms with Crippen molar-refractivity contribution < 1.29 is 9.84 Å². The van der Waals surface area contributed by atoms with Crippen LogP contribution in [0.25, 0.3) is 16.6 Å². The van der Waals surface area contributed by atoms with Gasteiger partial charge in [0, 0.05) is 36.8 Å². The van der Waals surface area contributed by atoms with Gasteiger partial charge in [-0.2, -0.15) is 5.10 Å². The zero-order valence-corrected chi connectivity index (χ0v) is 14.5. The first-order valence-electron chi connectivity index (χ1n) is 8.64. The SMILES string of the molecule is CC(C)Oc1ccc2cnn(-c3ccnc(N4CCC(O)C4)c3)c2c1. The largest absolute Gasteiger partial charge is 0.491 e. The van der Waals surface area contributed by atoms with Crippen molar-refractivity contribution in [2.24, 2.45) is 0 Å². The van der Waals surface area contributed by atoms with Crippen molar-refractivity contribution in [2.75, 3.05) is 18.0 Å². The van der Waals surface area contributed by atoms with E-state index >= 15 is 0 Å². The number of aliphatic hydroxyl groups is 1. The number of nitrogens with zero attached hydrogens (tertiary/aromatic N) is 4. The van der Waals surface area contributed by atoms with Crippen molar-refractivity contribution in [3.63, 3.8) is 0 Å². The van der Waals surface area contributed by atoms with Crippen molar-refractivity contribution >= 4 is 16.7 Å². The van der Waals surface area contributed by atoms with Crippen molar-refractivity contribution in [3.8, 4) is 11.4 Å². The molecule has 0 bridgehead atoms. The first-order chi connectivity index (χ1) is 12.1. The van der Waals surface area contributed by atoms with E-state index in [-0.39, 0.29) is 12.2 Å². The van der Waals surface area contributed by atoms with Crippen LogP contribution in [-0.4, -0.2) is 45.2 Å². The van der Waals surface area contributed by atoms with Crippen molar-refractivity contribution in [1.82, 2.24) is 14.8 Å². The molecule has 6 heteroatoms. The van der Waals surface area contributed by atoms with Crippen LogP contribution in [0.15, 0.2) is 42.7 Å². The molecule has 0 spiro atoms. The molecule has 1 saturated heterocycles. The molecule has 0 aliphatic carbocycles. The molecule has 1 atom stereocenters. The van der Waals surface area contributed by atoms with Gasteiger partial charge in [-0.15, -0.1) is 0 Å². The smallest absolute Gasteiger partial charge is 0.130 e. The highest BCUT2D eigenvalue weighted by atomic mass is 16.5. The maximum absolute atomic E-state index is 9.76. The lowest BCUT2D eigenvalue weighted by molar-refractivity contribution is 0.198. The van der Waals surface area contributed by atoms with Crippen LogP contribution in [0.1, 0.15) is 20.3 Å². The Hall–Kier alpha value is -2.60. The summed E-state index contributed by atoms with van der Waals surface area (Å²) in [6.07, 6.45) is 4.28. The fourth-order valence-corrected chi connectivity index (χ4v) is 3.21. The zero-order chi connectivity index (χ0) is 17.4. The summed E-state index contributed by atoms with van der Waals surface area (Å²) >= 11 is 0. The Bertz CT molecular complexity index is 890. The summed E-state index contributed by atoms with van der Waals surface area (Å²) in [5.74, 6) is 1.70. The number of pyridine rings is 1. The van der Waals surface area contributed by atoms with E-state index in [0.29, 0.717) is 6.54 Å². The Morgan fingerprint density at radius 2 is 2.12 bits per heavy atom. The van der Waals surface area contributed by atoms with E-state index in [1.165, 1.54) is 0 Å². The molecule has 2 aromatic heterocycles. The zero-order valence-electron chi connectivity index (χ0n) is 14.5. The molecule has 1 aliphatic rings. The predicted molar refractivity (Wildman–Crippen MR) is 97.5 cm³/mol. The van der Waals surface area contributed by atoms with Gasteiger partial charge in [-0.1, -0.05) is 0 Å². The summed E-state index contributed by atoms with van der Waals surface area (Å²) < 4.78 is 7.71. The van der Waals surface area contributed by atoms with Crippen LogP contribution in [0.5, 0.6) is 5.75 Å². The van der Waals surface area contributed by atoms with Crippen LogP contribution in [0.2, 0.25) is 0 Å². The molecule has 1 fully saturated rings. The second-order valence-corrected chi connectivity index (χ2v) is 6.70. The van der Waals surface area contributed by atoms with Crippen LogP contribution < -0.4 is 9.64 Å². The molecular weight excluding hydrogens is 316 g/mol. The summed E-state index contributed by atoms with van der Waals surface area (Å²) in [4.78, 5) is 6.56. The van der Waals surface area contributed by atoms with E-state index in [9.17, 15) is 5.11 Å². The number of hydrogen-bond donors (Lipinski definition) is 1. The lowest BCUT2D eigenvalue weighted by Crippen LogP contribution is -2.22. The third-order valence-corrected chi connectivity index (χ3v) is 4.38. The van der Waals surface area contributed by atoms with Crippen molar-refractivity contribution in [1.29, 1.82) is 0 Å². The van der Waals surface area contributed by atoms with Crippen LogP contribution >= 0.6 is 0 Å². The number of benzene rings is 1. The third kappa shape index (κ3) is 3.17. The van der Waals surface area contributed by atoms with Gasteiger partial charge >= 0.3 is 0 Å². The molecule has 0 amide bonds. The Kier molecular flexibility index (Phi) is 4.05. The molecule has 1 aromatic carbocycles. The topological polar surface area (TPSA) is 63.4 Å². The van der Waals surface area contributed by atoms with Gasteiger partial charge in [0.2, 0.25) is 0 Å². The second kappa shape index (κ2) is 6.37. The summed E-state index contributed by atoms with van der Waals surface area (Å²) in [5.41, 5.74) is 1.94. The predicted octanol–water partition coefficient (Wildman–Crippen LogP) is 2.78. The first kappa shape index (κ1) is 15.9. The molecule has 4 rings (SSSR count). The molecule has 130 valence electrons. The van der Waals surface area contributed by atoms with Crippen molar-refractivity contribution in [2.45, 2.75) is 32.5 Å². The van der Waals surface area contributed by atoms with Gasteiger partial charge in [0.05, 0.1) is 29.6 Å². The molecule has 25 heavy (non-hydrogen) atoms. The second-order valence-electron chi connectivity index (χ2n) is 6.70. The van der Waals surface area contributed by atoms with Gasteiger partial charge in [0.25, 0.3) is 0 Å². The fraction of sp³-hybridized carbons (Fsp3) is 0.368. The van der Waals surface area contributed by atoms with E-state index in [0.717, 1.165) is 41.1 Å². The van der Waals surface area contributed by atoms with Gasteiger partial charge in [-0.25, -0.2) is 9.67 Å². The van der Waals surface area contributed by atoms with Crippen LogP contribution in [0.3, 0.4) is 0 Å². The number of aliphatic hydroxyl groups excluding tert-OH is 1. The Morgan fingerprint density at radius 3 is 2.88 bits per heavy atom. The maximum Gasteiger partial charge on any atom is 0.130 e. The number of ether oxygens (including phenoxy) is 1. The van der Waals surface area contributed by atoms with Gasteiger partial charge in [-0.3, -0.25) is 0 Å². The highest BCUT2D eigenvalue weighted by Crippen LogP contribution is 2.26. The molecule has 6 nitrogen and oxygen atoms in total. The summed E-state index contributed by atoms with van der Waals surface area (Å²) in [6.45, 7) is 5.48. The highest BCUT2D eigenvalue weighted by molar-refractivity contribution is 5.81. The lowest BCUT2D eigenvalue weighted by atomic mass is 10.2. The summed E-state index contributed by atoms with van der Waals surface area (Å²) in [6, 6.07) is 9.97. The number of fused-ring (bicyclic) bond motifs is 1. The maximum atomic E-state index is 9.76. The minimum atomic E-state index is -0.272. The van der Waals surface area contributed by atoms with E-state index in [4.69, 9.17) is 4.74 Å². The lowest BCUT2D eigenvalue weighted by Gasteiger charge is -2.17. The standard InChI is InChI=1S/C19H22N4O2/c1-13(2)25-17-4-3-14-11-21-23(18(14)10-17)15-5-7-20-19(9-15)22-8-6-16(24)12-22/h3-5,7,9-11,13,16,24H,6,8,12H2,1-2H3. The Balaban J connectivity index is 1.71. The number of rotatable bonds is 4. The molecule has 1 aliphatic heterocycles.